The lowest BCUT2D eigenvalue weighted by Gasteiger charge is -2.06. The van der Waals surface area contributed by atoms with Gasteiger partial charge in [-0.2, -0.15) is 5.10 Å². The highest BCUT2D eigenvalue weighted by Crippen LogP contribution is 2.21. The SMILES string of the molecule is O=C(CCC(=O)Nc1ccccc1Br)N/N=C\c1ccccc1I. The first-order valence-electron chi connectivity index (χ1n) is 7.17. The number of carbonyl (C=O) groups is 2. The minimum absolute atomic E-state index is 0.0690. The van der Waals surface area contributed by atoms with Crippen LogP contribution in [0.1, 0.15) is 18.4 Å². The maximum Gasteiger partial charge on any atom is 0.240 e. The van der Waals surface area contributed by atoms with E-state index in [-0.39, 0.29) is 24.7 Å². The molecular weight excluding hydrogens is 485 g/mol. The summed E-state index contributed by atoms with van der Waals surface area (Å²) in [6, 6.07) is 15.0. The fraction of sp³-hybridized carbons (Fsp3) is 0.118. The molecule has 0 spiro atoms. The second kappa shape index (κ2) is 9.53. The van der Waals surface area contributed by atoms with Gasteiger partial charge < -0.3 is 5.32 Å². The molecule has 0 saturated heterocycles. The highest BCUT2D eigenvalue weighted by molar-refractivity contribution is 14.1. The van der Waals surface area contributed by atoms with Gasteiger partial charge in [-0.05, 0) is 56.7 Å². The summed E-state index contributed by atoms with van der Waals surface area (Å²) in [6.07, 6.45) is 1.74. The van der Waals surface area contributed by atoms with E-state index in [4.69, 9.17) is 0 Å². The van der Waals surface area contributed by atoms with Crippen molar-refractivity contribution in [3.63, 3.8) is 0 Å². The van der Waals surface area contributed by atoms with Gasteiger partial charge in [0.05, 0.1) is 11.9 Å². The fourth-order valence-corrected chi connectivity index (χ4v) is 2.72. The summed E-state index contributed by atoms with van der Waals surface area (Å²) >= 11 is 5.55. The number of benzene rings is 2. The van der Waals surface area contributed by atoms with Gasteiger partial charge in [0.1, 0.15) is 0 Å². The molecular formula is C17H15BrIN3O2. The smallest absolute Gasteiger partial charge is 0.240 e. The molecule has 0 unspecified atom stereocenters. The van der Waals surface area contributed by atoms with Crippen molar-refractivity contribution in [3.8, 4) is 0 Å². The second-order valence-corrected chi connectivity index (χ2v) is 6.86. The van der Waals surface area contributed by atoms with Crippen LogP contribution in [0.25, 0.3) is 0 Å². The number of hydrogen-bond donors (Lipinski definition) is 2. The highest BCUT2D eigenvalue weighted by atomic mass is 127. The highest BCUT2D eigenvalue weighted by Gasteiger charge is 2.08. The topological polar surface area (TPSA) is 70.6 Å². The van der Waals surface area contributed by atoms with Crippen molar-refractivity contribution in [1.29, 1.82) is 0 Å². The molecule has 0 aliphatic carbocycles. The van der Waals surface area contributed by atoms with Crippen molar-refractivity contribution in [1.82, 2.24) is 5.43 Å². The molecule has 2 aromatic rings. The monoisotopic (exact) mass is 499 g/mol. The van der Waals surface area contributed by atoms with Crippen LogP contribution in [0.3, 0.4) is 0 Å². The number of nitrogens with one attached hydrogen (secondary N) is 2. The molecule has 0 aliphatic heterocycles. The third-order valence-corrected chi connectivity index (χ3v) is 4.70. The molecule has 0 aromatic heterocycles. The summed E-state index contributed by atoms with van der Waals surface area (Å²) in [6.45, 7) is 0. The van der Waals surface area contributed by atoms with Crippen molar-refractivity contribution in [2.75, 3.05) is 5.32 Å². The van der Waals surface area contributed by atoms with E-state index >= 15 is 0 Å². The number of hydrogen-bond acceptors (Lipinski definition) is 3. The van der Waals surface area contributed by atoms with Gasteiger partial charge in [-0.3, -0.25) is 9.59 Å². The van der Waals surface area contributed by atoms with Crippen LogP contribution in [0.2, 0.25) is 0 Å². The predicted octanol–water partition coefficient (Wildman–Crippen LogP) is 3.92. The summed E-state index contributed by atoms with van der Waals surface area (Å²) in [5.41, 5.74) is 4.03. The molecule has 2 N–H and O–H groups in total. The van der Waals surface area contributed by atoms with Crippen LogP contribution in [0.5, 0.6) is 0 Å². The van der Waals surface area contributed by atoms with E-state index in [2.05, 4.69) is 54.4 Å². The zero-order valence-corrected chi connectivity index (χ0v) is 16.4. The largest absolute Gasteiger partial charge is 0.325 e. The number of rotatable bonds is 6. The molecule has 124 valence electrons. The first-order chi connectivity index (χ1) is 11.6. The Labute approximate surface area is 162 Å². The second-order valence-electron chi connectivity index (χ2n) is 4.84. The van der Waals surface area contributed by atoms with E-state index in [1.165, 1.54) is 0 Å². The Morgan fingerprint density at radius 3 is 2.46 bits per heavy atom. The number of nitrogens with zero attached hydrogens (tertiary/aromatic N) is 1. The lowest BCUT2D eigenvalue weighted by Crippen LogP contribution is -2.20. The number of halogens is 2. The summed E-state index contributed by atoms with van der Waals surface area (Å²) in [4.78, 5) is 23.6. The van der Waals surface area contributed by atoms with Crippen molar-refractivity contribution < 1.29 is 9.59 Å². The molecule has 24 heavy (non-hydrogen) atoms. The van der Waals surface area contributed by atoms with Crippen LogP contribution in [0.15, 0.2) is 58.1 Å². The van der Waals surface area contributed by atoms with Crippen LogP contribution in [-0.2, 0) is 9.59 Å². The van der Waals surface area contributed by atoms with Gasteiger partial charge in [-0.25, -0.2) is 5.43 Å². The van der Waals surface area contributed by atoms with E-state index in [1.807, 2.05) is 42.5 Å². The summed E-state index contributed by atoms with van der Waals surface area (Å²) < 4.78 is 1.84. The number of amides is 2. The average molecular weight is 500 g/mol. The van der Waals surface area contributed by atoms with Crippen molar-refractivity contribution >= 4 is 62.2 Å². The Morgan fingerprint density at radius 2 is 1.71 bits per heavy atom. The molecule has 7 heteroatoms. The van der Waals surface area contributed by atoms with Crippen LogP contribution in [0.4, 0.5) is 5.69 Å². The zero-order valence-electron chi connectivity index (χ0n) is 12.6. The standard InChI is InChI=1S/C17H15BrIN3O2/c18-13-6-2-4-8-15(13)21-16(23)9-10-17(24)22-20-11-12-5-1-3-7-14(12)19/h1-8,11H,9-10H2,(H,21,23)(H,22,24)/b20-11-. The van der Waals surface area contributed by atoms with Gasteiger partial charge in [-0.1, -0.05) is 30.3 Å². The van der Waals surface area contributed by atoms with E-state index in [0.29, 0.717) is 5.69 Å². The average Bonchev–Trinajstić information content (AvgIpc) is 2.57. The number of hydrazone groups is 1. The lowest BCUT2D eigenvalue weighted by atomic mass is 10.2. The van der Waals surface area contributed by atoms with Crippen LogP contribution >= 0.6 is 38.5 Å². The first-order valence-corrected chi connectivity index (χ1v) is 9.04. The fourth-order valence-electron chi connectivity index (χ4n) is 1.81. The summed E-state index contributed by atoms with van der Waals surface area (Å²) in [5.74, 6) is -0.530. The zero-order chi connectivity index (χ0) is 17.4. The van der Waals surface area contributed by atoms with Crippen molar-refractivity contribution in [3.05, 3.63) is 62.1 Å². The molecule has 0 fully saturated rings. The molecule has 2 aromatic carbocycles. The number of carbonyl (C=O) groups excluding carboxylic acids is 2. The molecule has 0 atom stereocenters. The third kappa shape index (κ3) is 6.04. The van der Waals surface area contributed by atoms with E-state index in [9.17, 15) is 9.59 Å². The Morgan fingerprint density at radius 1 is 1.04 bits per heavy atom. The van der Waals surface area contributed by atoms with E-state index in [1.54, 1.807) is 12.3 Å². The van der Waals surface area contributed by atoms with Crippen LogP contribution < -0.4 is 10.7 Å². The predicted molar refractivity (Wildman–Crippen MR) is 107 cm³/mol. The third-order valence-electron chi connectivity index (χ3n) is 3.03. The Kier molecular flexibility index (Phi) is 7.38. The minimum Gasteiger partial charge on any atom is -0.325 e. The Bertz CT molecular complexity index is 765. The van der Waals surface area contributed by atoms with E-state index in [0.717, 1.165) is 13.6 Å². The Balaban J connectivity index is 1.76. The first kappa shape index (κ1) is 18.6. The Hall–Kier alpha value is -1.74. The lowest BCUT2D eigenvalue weighted by molar-refractivity contribution is -0.124. The molecule has 0 aliphatic rings. The molecule has 0 radical (unpaired) electrons. The molecule has 2 amide bonds. The van der Waals surface area contributed by atoms with Gasteiger partial charge in [0.2, 0.25) is 11.8 Å². The van der Waals surface area contributed by atoms with Gasteiger partial charge in [0.25, 0.3) is 0 Å². The van der Waals surface area contributed by atoms with Crippen molar-refractivity contribution in [2.24, 2.45) is 5.10 Å². The summed E-state index contributed by atoms with van der Waals surface area (Å²) in [7, 11) is 0. The van der Waals surface area contributed by atoms with Crippen molar-refractivity contribution in [2.45, 2.75) is 12.8 Å². The van der Waals surface area contributed by atoms with E-state index < -0.39 is 0 Å². The normalized spacial score (nSPS) is 10.6. The van der Waals surface area contributed by atoms with Crippen LogP contribution in [-0.4, -0.2) is 18.0 Å². The maximum absolute atomic E-state index is 11.9. The van der Waals surface area contributed by atoms with Gasteiger partial charge in [-0.15, -0.1) is 0 Å². The van der Waals surface area contributed by atoms with Gasteiger partial charge >= 0.3 is 0 Å². The molecule has 0 saturated carbocycles. The van der Waals surface area contributed by atoms with Gasteiger partial charge in [0, 0.05) is 26.4 Å². The number of para-hydroxylation sites is 1. The molecule has 0 bridgehead atoms. The molecule has 0 heterocycles. The molecule has 5 nitrogen and oxygen atoms in total. The summed E-state index contributed by atoms with van der Waals surface area (Å²) in [5, 5.41) is 6.66. The van der Waals surface area contributed by atoms with Gasteiger partial charge in [0.15, 0.2) is 0 Å². The molecule has 2 rings (SSSR count). The van der Waals surface area contributed by atoms with Crippen LogP contribution in [0, 0.1) is 3.57 Å². The minimum atomic E-state index is -0.306. The quantitative estimate of drug-likeness (QED) is 0.359. The maximum atomic E-state index is 11.9. The number of anilines is 1.